The van der Waals surface area contributed by atoms with Gasteiger partial charge >= 0.3 is 0 Å². The molecule has 1 heterocycles. The van der Waals surface area contributed by atoms with Crippen LogP contribution in [-0.4, -0.2) is 8.42 Å². The van der Waals surface area contributed by atoms with Gasteiger partial charge in [-0.2, -0.15) is 0 Å². The second-order valence-electron chi connectivity index (χ2n) is 5.20. The summed E-state index contributed by atoms with van der Waals surface area (Å²) in [6, 6.07) is 11.8. The van der Waals surface area contributed by atoms with E-state index in [4.69, 9.17) is 0 Å². The summed E-state index contributed by atoms with van der Waals surface area (Å²) in [5, 5.41) is 1.62. The van der Waals surface area contributed by atoms with Gasteiger partial charge in [0.25, 0.3) is 10.0 Å². The molecule has 0 radical (unpaired) electrons. The van der Waals surface area contributed by atoms with Crippen molar-refractivity contribution in [3.8, 4) is 10.4 Å². The van der Waals surface area contributed by atoms with Gasteiger partial charge in [-0.25, -0.2) is 17.2 Å². The molecule has 124 valence electrons. The summed E-state index contributed by atoms with van der Waals surface area (Å²) in [7, 11) is -3.71. The Hall–Kier alpha value is -2.25. The zero-order valence-corrected chi connectivity index (χ0v) is 14.2. The molecule has 0 aliphatic carbocycles. The first kappa shape index (κ1) is 16.6. The minimum absolute atomic E-state index is 0.200. The van der Waals surface area contributed by atoms with Gasteiger partial charge in [-0.1, -0.05) is 24.3 Å². The molecular formula is C17H13F2NO2S2. The average molecular weight is 365 g/mol. The van der Waals surface area contributed by atoms with Crippen LogP contribution < -0.4 is 4.72 Å². The molecule has 24 heavy (non-hydrogen) atoms. The van der Waals surface area contributed by atoms with Crippen LogP contribution >= 0.6 is 11.3 Å². The molecule has 1 aromatic heterocycles. The number of hydrogen-bond donors (Lipinski definition) is 1. The van der Waals surface area contributed by atoms with E-state index in [0.717, 1.165) is 12.1 Å². The number of rotatable bonds is 4. The fourth-order valence-electron chi connectivity index (χ4n) is 2.26. The number of halogens is 2. The van der Waals surface area contributed by atoms with Gasteiger partial charge in [0.1, 0.15) is 0 Å². The summed E-state index contributed by atoms with van der Waals surface area (Å²) in [5.41, 5.74) is 1.50. The van der Waals surface area contributed by atoms with Gasteiger partial charge in [0.2, 0.25) is 0 Å². The Morgan fingerprint density at radius 1 is 1.00 bits per heavy atom. The fraction of sp³-hybridized carbons (Fsp3) is 0.0588. The third kappa shape index (κ3) is 3.32. The highest BCUT2D eigenvalue weighted by atomic mass is 32.2. The zero-order valence-electron chi connectivity index (χ0n) is 12.6. The predicted molar refractivity (Wildman–Crippen MR) is 91.7 cm³/mol. The summed E-state index contributed by atoms with van der Waals surface area (Å²) in [6.07, 6.45) is 0. The summed E-state index contributed by atoms with van der Waals surface area (Å²) in [6.45, 7) is 1.72. The van der Waals surface area contributed by atoms with Crippen LogP contribution in [0, 0.1) is 18.6 Å². The largest absolute Gasteiger partial charge is 0.279 e. The molecule has 3 rings (SSSR count). The summed E-state index contributed by atoms with van der Waals surface area (Å²) in [4.78, 5) is 0.835. The number of thiophene rings is 1. The first-order chi connectivity index (χ1) is 11.4. The molecule has 0 amide bonds. The van der Waals surface area contributed by atoms with Crippen molar-refractivity contribution in [2.75, 3.05) is 4.72 Å². The standard InChI is InChI=1S/C17H13F2NO2S2/c1-11-4-2-3-5-17(11)24(21,22)20-13-9-16(23-10-13)12-6-7-14(18)15(19)8-12/h2-10,20H,1H3. The highest BCUT2D eigenvalue weighted by Gasteiger charge is 2.17. The van der Waals surface area contributed by atoms with Crippen molar-refractivity contribution in [2.45, 2.75) is 11.8 Å². The van der Waals surface area contributed by atoms with Crippen molar-refractivity contribution in [1.82, 2.24) is 0 Å². The Labute approximate surface area is 142 Å². The molecule has 0 atom stereocenters. The van der Waals surface area contributed by atoms with E-state index in [1.165, 1.54) is 23.5 Å². The molecule has 3 nitrogen and oxygen atoms in total. The summed E-state index contributed by atoms with van der Waals surface area (Å²) >= 11 is 1.24. The van der Waals surface area contributed by atoms with Crippen LogP contribution in [0.2, 0.25) is 0 Å². The highest BCUT2D eigenvalue weighted by Crippen LogP contribution is 2.32. The van der Waals surface area contributed by atoms with E-state index in [1.807, 2.05) is 0 Å². The second-order valence-corrected chi connectivity index (χ2v) is 7.76. The van der Waals surface area contributed by atoms with Crippen molar-refractivity contribution in [1.29, 1.82) is 0 Å². The Morgan fingerprint density at radius 2 is 1.75 bits per heavy atom. The molecule has 0 saturated carbocycles. The van der Waals surface area contributed by atoms with E-state index >= 15 is 0 Å². The molecule has 2 aromatic carbocycles. The minimum atomic E-state index is -3.71. The highest BCUT2D eigenvalue weighted by molar-refractivity contribution is 7.92. The van der Waals surface area contributed by atoms with Gasteiger partial charge in [0.05, 0.1) is 10.6 Å². The number of nitrogens with one attached hydrogen (secondary N) is 1. The number of aryl methyl sites for hydroxylation is 1. The molecule has 0 aliphatic rings. The van der Waals surface area contributed by atoms with Gasteiger partial charge in [-0.3, -0.25) is 4.72 Å². The molecule has 0 unspecified atom stereocenters. The lowest BCUT2D eigenvalue weighted by Gasteiger charge is -2.08. The normalized spacial score (nSPS) is 11.5. The first-order valence-corrected chi connectivity index (χ1v) is 9.35. The smallest absolute Gasteiger partial charge is 0.262 e. The Balaban J connectivity index is 1.89. The van der Waals surface area contributed by atoms with Crippen molar-refractivity contribution < 1.29 is 17.2 Å². The number of sulfonamides is 1. The van der Waals surface area contributed by atoms with Crippen LogP contribution in [0.15, 0.2) is 58.8 Å². The molecule has 1 N–H and O–H groups in total. The predicted octanol–water partition coefficient (Wildman–Crippen LogP) is 4.80. The average Bonchev–Trinajstić information content (AvgIpc) is 2.98. The van der Waals surface area contributed by atoms with Crippen LogP contribution in [-0.2, 0) is 10.0 Å². The second kappa shape index (κ2) is 6.33. The lowest BCUT2D eigenvalue weighted by Crippen LogP contribution is -2.13. The van der Waals surface area contributed by atoms with Gasteiger partial charge < -0.3 is 0 Å². The van der Waals surface area contributed by atoms with Crippen LogP contribution in [0.3, 0.4) is 0 Å². The van der Waals surface area contributed by atoms with E-state index in [1.54, 1.807) is 36.6 Å². The summed E-state index contributed by atoms with van der Waals surface area (Å²) in [5.74, 6) is -1.86. The maximum atomic E-state index is 13.3. The van der Waals surface area contributed by atoms with Crippen molar-refractivity contribution in [3.05, 3.63) is 71.1 Å². The van der Waals surface area contributed by atoms with Gasteiger partial charge in [0.15, 0.2) is 11.6 Å². The minimum Gasteiger partial charge on any atom is -0.279 e. The van der Waals surface area contributed by atoms with E-state index in [9.17, 15) is 17.2 Å². The van der Waals surface area contributed by atoms with E-state index in [2.05, 4.69) is 4.72 Å². The Morgan fingerprint density at radius 3 is 2.46 bits per heavy atom. The fourth-order valence-corrected chi connectivity index (χ4v) is 4.46. The molecule has 0 spiro atoms. The topological polar surface area (TPSA) is 46.2 Å². The van der Waals surface area contributed by atoms with Gasteiger partial charge in [-0.05, 0) is 42.3 Å². The molecule has 0 saturated heterocycles. The van der Waals surface area contributed by atoms with Gasteiger partial charge in [-0.15, -0.1) is 11.3 Å². The molecule has 0 fully saturated rings. The van der Waals surface area contributed by atoms with Crippen LogP contribution in [0.5, 0.6) is 0 Å². The van der Waals surface area contributed by atoms with Crippen molar-refractivity contribution in [3.63, 3.8) is 0 Å². The lowest BCUT2D eigenvalue weighted by atomic mass is 10.2. The molecule has 7 heteroatoms. The quantitative estimate of drug-likeness (QED) is 0.722. The van der Waals surface area contributed by atoms with Crippen molar-refractivity contribution >= 4 is 27.0 Å². The Kier molecular flexibility index (Phi) is 4.38. The maximum absolute atomic E-state index is 13.3. The van der Waals surface area contributed by atoms with Gasteiger partial charge in [0, 0.05) is 10.3 Å². The van der Waals surface area contributed by atoms with E-state index in [-0.39, 0.29) is 4.90 Å². The zero-order chi connectivity index (χ0) is 17.3. The van der Waals surface area contributed by atoms with Crippen LogP contribution in [0.1, 0.15) is 5.56 Å². The third-order valence-corrected chi connectivity index (χ3v) is 5.96. The monoisotopic (exact) mass is 365 g/mol. The SMILES string of the molecule is Cc1ccccc1S(=O)(=O)Nc1csc(-c2ccc(F)c(F)c2)c1. The Bertz CT molecular complexity index is 997. The van der Waals surface area contributed by atoms with E-state index in [0.29, 0.717) is 21.7 Å². The van der Waals surface area contributed by atoms with Crippen LogP contribution in [0.4, 0.5) is 14.5 Å². The molecular weight excluding hydrogens is 352 g/mol. The number of benzene rings is 2. The number of anilines is 1. The summed E-state index contributed by atoms with van der Waals surface area (Å²) < 4.78 is 53.7. The number of hydrogen-bond acceptors (Lipinski definition) is 3. The molecule has 0 bridgehead atoms. The van der Waals surface area contributed by atoms with E-state index < -0.39 is 21.7 Å². The van der Waals surface area contributed by atoms with Crippen LogP contribution in [0.25, 0.3) is 10.4 Å². The first-order valence-electron chi connectivity index (χ1n) is 6.99. The molecule has 3 aromatic rings. The lowest BCUT2D eigenvalue weighted by molar-refractivity contribution is 0.509. The maximum Gasteiger partial charge on any atom is 0.262 e. The van der Waals surface area contributed by atoms with Crippen molar-refractivity contribution in [2.24, 2.45) is 0 Å². The third-order valence-electron chi connectivity index (χ3n) is 3.44. The molecule has 0 aliphatic heterocycles.